The van der Waals surface area contributed by atoms with Gasteiger partial charge >= 0.3 is 17.9 Å². The third kappa shape index (κ3) is 25.6. The minimum Gasteiger partial charge on any atom is -0.481 e. The number of aryl methyl sites for hydroxylation is 3. The van der Waals surface area contributed by atoms with E-state index in [9.17, 15) is 58.1 Å². The zero-order chi connectivity index (χ0) is 73.3. The van der Waals surface area contributed by atoms with E-state index in [1.807, 2.05) is 6.07 Å². The number of hydrogen-bond donors (Lipinski definition) is 9. The molecule has 25 nitrogen and oxygen atoms in total. The van der Waals surface area contributed by atoms with Gasteiger partial charge in [-0.1, -0.05) is 46.4 Å². The Labute approximate surface area is 609 Å². The Balaban J connectivity index is 0.000000213. The minimum absolute atomic E-state index is 0.00137. The van der Waals surface area contributed by atoms with Crippen LogP contribution in [0.5, 0.6) is 34.5 Å². The van der Waals surface area contributed by atoms with E-state index in [-0.39, 0.29) is 69.6 Å². The van der Waals surface area contributed by atoms with Crippen LogP contribution in [0.4, 0.5) is 30.6 Å². The van der Waals surface area contributed by atoms with E-state index in [4.69, 9.17) is 75.9 Å². The molecule has 0 spiro atoms. The number of aliphatic carboxylic acids is 3. The average Bonchev–Trinajstić information content (AvgIpc) is 1.43. The van der Waals surface area contributed by atoms with Crippen LogP contribution in [0.1, 0.15) is 54.4 Å². The summed E-state index contributed by atoms with van der Waals surface area (Å²) in [4.78, 5) is 41.6. The molecule has 0 amide bonds. The Morgan fingerprint density at radius 1 is 0.465 bits per heavy atom. The molecule has 0 saturated carbocycles. The second-order valence-electron chi connectivity index (χ2n) is 20.9. The summed E-state index contributed by atoms with van der Waals surface area (Å²) in [6, 6.07) is 23.7. The van der Waals surface area contributed by atoms with E-state index in [2.05, 4.69) is 45.1 Å². The summed E-state index contributed by atoms with van der Waals surface area (Å²) in [6.45, 7) is 2.15. The highest BCUT2D eigenvalue weighted by atomic mass is 35.5. The van der Waals surface area contributed by atoms with E-state index in [0.29, 0.717) is 121 Å². The van der Waals surface area contributed by atoms with Crippen LogP contribution in [0.2, 0.25) is 20.1 Å². The van der Waals surface area contributed by atoms with Crippen molar-refractivity contribution in [1.82, 2.24) is 30.9 Å². The van der Waals surface area contributed by atoms with Crippen LogP contribution < -0.4 is 44.3 Å². The molecule has 0 aliphatic rings. The molecule has 0 aliphatic heterocycles. The van der Waals surface area contributed by atoms with Crippen molar-refractivity contribution in [3.63, 3.8) is 0 Å². The van der Waals surface area contributed by atoms with Crippen LogP contribution in [0, 0.1) is 28.8 Å². The second-order valence-corrected chi connectivity index (χ2v) is 29.7. The fraction of sp³-hybridized carbons (Fsp3) is 0.222. The third-order valence-corrected chi connectivity index (χ3v) is 20.2. The number of carboxylic acid groups (broad SMARTS) is 3. The van der Waals surface area contributed by atoms with Gasteiger partial charge in [0.05, 0.1) is 51.4 Å². The molecular weight excluding hydrogens is 1530 g/mol. The molecule has 9 aromatic rings. The van der Waals surface area contributed by atoms with Crippen molar-refractivity contribution in [1.29, 1.82) is 5.26 Å². The molecule has 9 N–H and O–H groups in total. The largest absolute Gasteiger partial charge is 0.481 e. The van der Waals surface area contributed by atoms with Crippen LogP contribution in [-0.4, -0.2) is 113 Å². The van der Waals surface area contributed by atoms with E-state index >= 15 is 0 Å². The quantitative estimate of drug-likeness (QED) is 0.0167. The van der Waals surface area contributed by atoms with Crippen molar-refractivity contribution >= 4 is 146 Å². The average molecular weight is 1590 g/mol. The van der Waals surface area contributed by atoms with Crippen molar-refractivity contribution in [2.24, 2.45) is 0 Å². The monoisotopic (exact) mass is 1580 g/mol. The minimum atomic E-state index is -4.40. The number of nitrogens with one attached hydrogen (secondary N) is 6. The Bertz CT molecular complexity index is 4730. The maximum Gasteiger partial charge on any atom is 0.317 e. The second kappa shape index (κ2) is 38.6. The van der Waals surface area contributed by atoms with Crippen molar-refractivity contribution in [3.8, 4) is 40.6 Å². The van der Waals surface area contributed by atoms with Gasteiger partial charge in [-0.15, -0.1) is 34.0 Å². The number of nitriles is 1. The van der Waals surface area contributed by atoms with E-state index < -0.39 is 81.0 Å². The Morgan fingerprint density at radius 3 is 1.28 bits per heavy atom. The lowest BCUT2D eigenvalue weighted by Gasteiger charge is -2.14. The molecule has 0 unspecified atom stereocenters. The topological polar surface area (TPSA) is 377 Å². The van der Waals surface area contributed by atoms with E-state index in [1.165, 1.54) is 80.3 Å². The molecule has 6 aromatic carbocycles. The van der Waals surface area contributed by atoms with Gasteiger partial charge in [0.2, 0.25) is 0 Å². The first kappa shape index (κ1) is 79.9. The summed E-state index contributed by atoms with van der Waals surface area (Å²) in [5.74, 6) is -5.05. The highest BCUT2D eigenvalue weighted by molar-refractivity contribution is 7.93. The first-order chi connectivity index (χ1) is 48.1. The Hall–Kier alpha value is -8.41. The first-order valence-electron chi connectivity index (χ1n) is 29.5. The number of sulfonamides is 3. The summed E-state index contributed by atoms with van der Waals surface area (Å²) in [5.41, 5.74) is 6.50. The molecule has 0 aliphatic carbocycles. The van der Waals surface area contributed by atoms with Gasteiger partial charge in [0, 0.05) is 62.5 Å². The fourth-order valence-electron chi connectivity index (χ4n) is 8.74. The zero-order valence-electron chi connectivity index (χ0n) is 52.2. The number of nitrogens with zero attached hydrogens (tertiary/aromatic N) is 4. The normalized spacial score (nSPS) is 11.3. The molecule has 38 heteroatoms. The standard InChI is InChI=1S/C22H21ClN4O5S2.C21H20ClF2N3O5S2.C20H18Cl2FN3O5S2/c23-17-3-5-19(15(10-17)2-1-8-25-9-7-22(28)29)32-20-6-4-18(11-16(20)12-24)34(30,31)27-21-13-33-14-26-21;22-14-3-4-17(13(8-14)2-1-6-25-7-5-21(28)29)32-18-9-16(24)19(10-15(18)23)34(30,31)27-20-11-33-12-26-20;21-13-3-4-16(12(6-13)2-1-5-24-9-20(27)28)31-17-8-15(23)18(7-14(17)22)33(29,30)26-19-10-32-11-25-19/h3-6,10-11,13-14,25,27H,1-2,7-9H2,(H,28,29);3-4,8-12,25,27H,1-2,5-7H2,(H,28,29);3-4,6-8,10-11,24,26H,1-2,5,9H2,(H,27,28). The molecule has 0 bridgehead atoms. The van der Waals surface area contributed by atoms with Crippen LogP contribution in [-0.2, 0) is 63.7 Å². The van der Waals surface area contributed by atoms with Crippen molar-refractivity contribution < 1.29 is 82.3 Å². The summed E-state index contributed by atoms with van der Waals surface area (Å²) >= 11 is 28.0. The molecule has 536 valence electrons. The predicted octanol–water partition coefficient (Wildman–Crippen LogP) is 13.7. The number of carboxylic acids is 3. The van der Waals surface area contributed by atoms with Crippen LogP contribution >= 0.6 is 80.4 Å². The summed E-state index contributed by atoms with van der Waals surface area (Å²) < 4.78 is 143. The SMILES string of the molecule is N#Cc1cc(S(=O)(=O)Nc2cscn2)ccc1Oc1ccc(Cl)cc1CCCNCCC(=O)O.O=C(O)CCNCCCc1cc(Cl)ccc1Oc1cc(F)c(S(=O)(=O)Nc2cscn2)cc1F.O=C(O)CNCCCc1cc(Cl)ccc1Oc1cc(F)c(S(=O)(=O)Nc2cscn2)cc1Cl. The number of halogens is 7. The van der Waals surface area contributed by atoms with Gasteiger partial charge in [-0.25, -0.2) is 53.4 Å². The van der Waals surface area contributed by atoms with Crippen LogP contribution in [0.3, 0.4) is 0 Å². The summed E-state index contributed by atoms with van der Waals surface area (Å²) in [7, 11) is -12.6. The molecule has 3 heterocycles. The third-order valence-electron chi connectivity index (χ3n) is 13.4. The van der Waals surface area contributed by atoms with Gasteiger partial charge in [0.25, 0.3) is 30.1 Å². The molecular formula is C63H59Cl4F3N10O15S6. The van der Waals surface area contributed by atoms with Crippen LogP contribution in [0.25, 0.3) is 0 Å². The molecule has 0 radical (unpaired) electrons. The molecule has 0 saturated heterocycles. The van der Waals surface area contributed by atoms with E-state index in [1.54, 1.807) is 47.8 Å². The van der Waals surface area contributed by atoms with Gasteiger partial charge in [-0.05, 0) is 154 Å². The number of benzene rings is 6. The lowest BCUT2D eigenvalue weighted by molar-refractivity contribution is -0.137. The summed E-state index contributed by atoms with van der Waals surface area (Å²) in [6.07, 6.45) is 3.51. The lowest BCUT2D eigenvalue weighted by Crippen LogP contribution is -2.23. The predicted molar refractivity (Wildman–Crippen MR) is 378 cm³/mol. The Morgan fingerprint density at radius 2 is 0.861 bits per heavy atom. The smallest absolute Gasteiger partial charge is 0.317 e. The number of aromatic nitrogens is 3. The van der Waals surface area contributed by atoms with Gasteiger partial charge < -0.3 is 45.5 Å². The van der Waals surface area contributed by atoms with Gasteiger partial charge in [0.1, 0.15) is 56.2 Å². The lowest BCUT2D eigenvalue weighted by atomic mass is 10.1. The number of ether oxygens (including phenoxy) is 3. The van der Waals surface area contributed by atoms with E-state index in [0.717, 1.165) is 29.0 Å². The maximum atomic E-state index is 14.7. The van der Waals surface area contributed by atoms with Crippen LogP contribution in [0.15, 0.2) is 144 Å². The fourth-order valence-corrected chi connectivity index (χ4v) is 14.5. The number of rotatable bonds is 35. The molecule has 0 fully saturated rings. The molecule has 3 aromatic heterocycles. The zero-order valence-corrected chi connectivity index (χ0v) is 60.1. The Kier molecular flexibility index (Phi) is 30.5. The molecule has 0 atom stereocenters. The van der Waals surface area contributed by atoms with Crippen molar-refractivity contribution in [2.75, 3.05) is 53.4 Å². The van der Waals surface area contributed by atoms with Gasteiger partial charge in [0.15, 0.2) is 29.0 Å². The van der Waals surface area contributed by atoms with Crippen molar-refractivity contribution in [2.45, 2.75) is 66.1 Å². The first-order valence-corrected chi connectivity index (χ1v) is 38.3. The number of anilines is 3. The summed E-state index contributed by atoms with van der Waals surface area (Å²) in [5, 5.41) is 50.2. The maximum absolute atomic E-state index is 14.7. The number of hydrogen-bond acceptors (Lipinski definition) is 22. The highest BCUT2D eigenvalue weighted by Crippen LogP contribution is 2.38. The number of thiazole rings is 3. The highest BCUT2D eigenvalue weighted by Gasteiger charge is 2.26. The molecule has 101 heavy (non-hydrogen) atoms. The van der Waals surface area contributed by atoms with Crippen molar-refractivity contribution in [3.05, 3.63) is 190 Å². The van der Waals surface area contributed by atoms with Gasteiger partial charge in [-0.2, -0.15) is 5.26 Å². The number of carbonyl (C=O) groups is 3. The van der Waals surface area contributed by atoms with Gasteiger partial charge in [-0.3, -0.25) is 28.5 Å². The molecule has 9 rings (SSSR count).